The lowest BCUT2D eigenvalue weighted by Gasteiger charge is -2.11. The van der Waals surface area contributed by atoms with Crippen LogP contribution in [0.2, 0.25) is 0 Å². The Morgan fingerprint density at radius 3 is 2.57 bits per heavy atom. The average Bonchev–Trinajstić information content (AvgIpc) is 2.70. The van der Waals surface area contributed by atoms with Crippen molar-refractivity contribution in [1.29, 1.82) is 0 Å². The first kappa shape index (κ1) is 21.9. The molecule has 2 rings (SSSR count). The first-order valence-electron chi connectivity index (χ1n) is 10.0. The lowest BCUT2D eigenvalue weighted by Crippen LogP contribution is -2.34. The van der Waals surface area contributed by atoms with Crippen molar-refractivity contribution in [3.8, 4) is 5.75 Å². The number of carbonyl (C=O) groups is 1. The first-order chi connectivity index (χ1) is 13.7. The Hall–Kier alpha value is -2.40. The number of hydrogen-bond donors (Lipinski definition) is 2. The number of unbranched alkanes of at least 4 members (excludes halogenated alkanes) is 4. The Kier molecular flexibility index (Phi) is 10.1. The van der Waals surface area contributed by atoms with Gasteiger partial charge in [0.15, 0.2) is 5.11 Å². The van der Waals surface area contributed by atoms with Crippen LogP contribution in [-0.2, 0) is 11.2 Å². The van der Waals surface area contributed by atoms with Gasteiger partial charge in [0.05, 0.1) is 6.61 Å². The smallest absolute Gasteiger partial charge is 0.226 e. The van der Waals surface area contributed by atoms with E-state index in [1.807, 2.05) is 54.6 Å². The largest absolute Gasteiger partial charge is 0.494 e. The predicted molar refractivity (Wildman–Crippen MR) is 120 cm³/mol. The maximum absolute atomic E-state index is 12.1. The Labute approximate surface area is 173 Å². The average molecular weight is 399 g/mol. The number of benzene rings is 2. The van der Waals surface area contributed by atoms with E-state index >= 15 is 0 Å². The Balaban J connectivity index is 1.70. The second-order valence-corrected chi connectivity index (χ2v) is 7.19. The molecule has 0 atom stereocenters. The summed E-state index contributed by atoms with van der Waals surface area (Å²) in [6.45, 7) is 2.93. The third-order valence-corrected chi connectivity index (χ3v) is 4.55. The monoisotopic (exact) mass is 398 g/mol. The van der Waals surface area contributed by atoms with Crippen LogP contribution >= 0.6 is 12.2 Å². The van der Waals surface area contributed by atoms with E-state index in [0.717, 1.165) is 23.4 Å². The number of aryl methyl sites for hydroxylation is 1. The van der Waals surface area contributed by atoms with Gasteiger partial charge >= 0.3 is 0 Å². The van der Waals surface area contributed by atoms with Crippen molar-refractivity contribution in [3.05, 3.63) is 60.2 Å². The first-order valence-corrected chi connectivity index (χ1v) is 10.5. The van der Waals surface area contributed by atoms with Gasteiger partial charge in [-0.05, 0) is 42.8 Å². The van der Waals surface area contributed by atoms with Gasteiger partial charge in [-0.1, -0.05) is 69.0 Å². The molecule has 0 fully saturated rings. The molecule has 0 radical (unpaired) electrons. The fourth-order valence-electron chi connectivity index (χ4n) is 2.81. The Bertz CT molecular complexity index is 734. The van der Waals surface area contributed by atoms with E-state index in [1.54, 1.807) is 0 Å². The molecule has 0 spiro atoms. The molecule has 2 N–H and O–H groups in total. The molecule has 0 aliphatic carbocycles. The van der Waals surface area contributed by atoms with Crippen LogP contribution in [0.1, 0.15) is 51.0 Å². The van der Waals surface area contributed by atoms with E-state index in [4.69, 9.17) is 17.0 Å². The van der Waals surface area contributed by atoms with E-state index < -0.39 is 0 Å². The molecule has 0 saturated carbocycles. The molecule has 0 aliphatic heterocycles. The third-order valence-electron chi connectivity index (χ3n) is 4.35. The minimum atomic E-state index is -0.0964. The summed E-state index contributed by atoms with van der Waals surface area (Å²) in [5.41, 5.74) is 1.94. The quantitative estimate of drug-likeness (QED) is 0.389. The molecule has 28 heavy (non-hydrogen) atoms. The maximum Gasteiger partial charge on any atom is 0.226 e. The van der Waals surface area contributed by atoms with Gasteiger partial charge in [-0.25, -0.2) is 0 Å². The van der Waals surface area contributed by atoms with E-state index in [9.17, 15) is 4.79 Å². The van der Waals surface area contributed by atoms with Crippen LogP contribution in [0.3, 0.4) is 0 Å². The number of amides is 1. The molecule has 0 bridgehead atoms. The zero-order valence-corrected chi connectivity index (χ0v) is 17.4. The summed E-state index contributed by atoms with van der Waals surface area (Å²) in [5.74, 6) is 0.708. The third kappa shape index (κ3) is 9.00. The van der Waals surface area contributed by atoms with Crippen molar-refractivity contribution in [2.24, 2.45) is 0 Å². The van der Waals surface area contributed by atoms with E-state index in [-0.39, 0.29) is 5.91 Å². The van der Waals surface area contributed by atoms with Crippen molar-refractivity contribution < 1.29 is 9.53 Å². The molecular weight excluding hydrogens is 368 g/mol. The zero-order valence-electron chi connectivity index (χ0n) is 16.6. The summed E-state index contributed by atoms with van der Waals surface area (Å²) < 4.78 is 5.81. The van der Waals surface area contributed by atoms with Crippen LogP contribution in [0.25, 0.3) is 0 Å². The van der Waals surface area contributed by atoms with Crippen molar-refractivity contribution in [3.63, 3.8) is 0 Å². The molecule has 0 heterocycles. The minimum Gasteiger partial charge on any atom is -0.494 e. The molecule has 0 unspecified atom stereocenters. The number of anilines is 1. The van der Waals surface area contributed by atoms with Gasteiger partial charge in [0.2, 0.25) is 5.91 Å². The topological polar surface area (TPSA) is 50.4 Å². The SMILES string of the molecule is CCCCCCCOc1cccc(NC(=S)NC(=O)CCc2ccccc2)c1. The second kappa shape index (κ2) is 12.9. The highest BCUT2D eigenvalue weighted by Gasteiger charge is 2.06. The lowest BCUT2D eigenvalue weighted by molar-refractivity contribution is -0.119. The van der Waals surface area contributed by atoms with Crippen molar-refractivity contribution >= 4 is 28.9 Å². The van der Waals surface area contributed by atoms with Crippen LogP contribution < -0.4 is 15.4 Å². The molecule has 0 aromatic heterocycles. The number of ether oxygens (including phenoxy) is 1. The molecule has 0 aliphatic rings. The predicted octanol–water partition coefficient (Wildman–Crippen LogP) is 5.48. The van der Waals surface area contributed by atoms with E-state index in [0.29, 0.717) is 24.6 Å². The van der Waals surface area contributed by atoms with E-state index in [2.05, 4.69) is 17.6 Å². The summed E-state index contributed by atoms with van der Waals surface area (Å²) in [4.78, 5) is 12.1. The number of thiocarbonyl (C=S) groups is 1. The molecule has 5 heteroatoms. The van der Waals surface area contributed by atoms with Crippen molar-refractivity contribution in [1.82, 2.24) is 5.32 Å². The van der Waals surface area contributed by atoms with Crippen LogP contribution in [-0.4, -0.2) is 17.6 Å². The summed E-state index contributed by atoms with van der Waals surface area (Å²) in [7, 11) is 0. The fourth-order valence-corrected chi connectivity index (χ4v) is 3.04. The molecule has 2 aromatic rings. The van der Waals surface area contributed by atoms with Crippen LogP contribution in [0.15, 0.2) is 54.6 Å². The maximum atomic E-state index is 12.1. The Morgan fingerprint density at radius 2 is 1.79 bits per heavy atom. The van der Waals surface area contributed by atoms with Gasteiger partial charge < -0.3 is 15.4 Å². The molecule has 0 saturated heterocycles. The van der Waals surface area contributed by atoms with Crippen LogP contribution in [0, 0.1) is 0 Å². The van der Waals surface area contributed by atoms with E-state index in [1.165, 1.54) is 25.7 Å². The highest BCUT2D eigenvalue weighted by Crippen LogP contribution is 2.18. The molecule has 2 aromatic carbocycles. The van der Waals surface area contributed by atoms with Crippen molar-refractivity contribution in [2.45, 2.75) is 51.9 Å². The summed E-state index contributed by atoms with van der Waals surface area (Å²) in [6, 6.07) is 17.6. The number of carbonyl (C=O) groups excluding carboxylic acids is 1. The fraction of sp³-hybridized carbons (Fsp3) is 0.391. The van der Waals surface area contributed by atoms with Gasteiger partial charge in [0, 0.05) is 18.2 Å². The molecule has 1 amide bonds. The van der Waals surface area contributed by atoms with Gasteiger partial charge in [-0.15, -0.1) is 0 Å². The van der Waals surface area contributed by atoms with Crippen molar-refractivity contribution in [2.75, 3.05) is 11.9 Å². The number of hydrogen-bond acceptors (Lipinski definition) is 3. The van der Waals surface area contributed by atoms with Crippen LogP contribution in [0.5, 0.6) is 5.75 Å². The van der Waals surface area contributed by atoms with Crippen LogP contribution in [0.4, 0.5) is 5.69 Å². The second-order valence-electron chi connectivity index (χ2n) is 6.78. The summed E-state index contributed by atoms with van der Waals surface area (Å²) in [6.07, 6.45) is 7.15. The Morgan fingerprint density at radius 1 is 1.00 bits per heavy atom. The van der Waals surface area contributed by atoms with Gasteiger partial charge in [-0.3, -0.25) is 4.79 Å². The number of rotatable bonds is 11. The molecule has 4 nitrogen and oxygen atoms in total. The summed E-state index contributed by atoms with van der Waals surface area (Å²) >= 11 is 5.25. The summed E-state index contributed by atoms with van der Waals surface area (Å²) in [5, 5.41) is 6.08. The standard InChI is InChI=1S/C23H30N2O2S/c1-2-3-4-5-9-17-27-21-14-10-13-20(18-21)24-23(28)25-22(26)16-15-19-11-7-6-8-12-19/h6-8,10-14,18H,2-5,9,15-17H2,1H3,(H2,24,25,26,28). The van der Waals surface area contributed by atoms with Gasteiger partial charge in [-0.2, -0.15) is 0 Å². The lowest BCUT2D eigenvalue weighted by atomic mass is 10.1. The van der Waals surface area contributed by atoms with Gasteiger partial charge in [0.1, 0.15) is 5.75 Å². The highest BCUT2D eigenvalue weighted by atomic mass is 32.1. The molecular formula is C23H30N2O2S. The zero-order chi connectivity index (χ0) is 20.0. The highest BCUT2D eigenvalue weighted by molar-refractivity contribution is 7.80. The number of nitrogens with one attached hydrogen (secondary N) is 2. The normalized spacial score (nSPS) is 10.3. The minimum absolute atomic E-state index is 0.0964. The molecule has 150 valence electrons. The van der Waals surface area contributed by atoms with Gasteiger partial charge in [0.25, 0.3) is 0 Å².